The minimum Gasteiger partial charge on any atom is -0.481 e. The summed E-state index contributed by atoms with van der Waals surface area (Å²) < 4.78 is 0. The van der Waals surface area contributed by atoms with E-state index in [0.717, 1.165) is 11.8 Å². The molecule has 0 heterocycles. The molecule has 0 saturated heterocycles. The summed E-state index contributed by atoms with van der Waals surface area (Å²) in [6, 6.07) is 0. The van der Waals surface area contributed by atoms with Gasteiger partial charge in [0.15, 0.2) is 0 Å². The molecule has 3 aliphatic rings. The van der Waals surface area contributed by atoms with Crippen LogP contribution in [0.2, 0.25) is 0 Å². The van der Waals surface area contributed by atoms with Gasteiger partial charge in [-0.2, -0.15) is 0 Å². The van der Waals surface area contributed by atoms with Gasteiger partial charge in [0.25, 0.3) is 0 Å². The number of hydrogen-bond donors (Lipinski definition) is 1. The second kappa shape index (κ2) is 1.62. The third kappa shape index (κ3) is 0.534. The van der Waals surface area contributed by atoms with E-state index in [1.165, 1.54) is 19.3 Å². The normalized spacial score (nSPS) is 57.6. The van der Waals surface area contributed by atoms with Crippen LogP contribution in [-0.2, 0) is 4.79 Å². The van der Waals surface area contributed by atoms with Crippen LogP contribution < -0.4 is 0 Å². The van der Waals surface area contributed by atoms with Crippen molar-refractivity contribution in [1.82, 2.24) is 0 Å². The molecule has 3 fully saturated rings. The van der Waals surface area contributed by atoms with Crippen LogP contribution >= 0.6 is 0 Å². The molecule has 4 atom stereocenters. The van der Waals surface area contributed by atoms with E-state index in [9.17, 15) is 4.79 Å². The number of fused-ring (bicyclic) bond motifs is 4. The molecule has 11 heavy (non-hydrogen) atoms. The zero-order valence-corrected chi connectivity index (χ0v) is 6.36. The van der Waals surface area contributed by atoms with Crippen LogP contribution in [-0.4, -0.2) is 11.1 Å². The molecule has 0 aromatic carbocycles. The molecule has 0 bridgehead atoms. The summed E-state index contributed by atoms with van der Waals surface area (Å²) in [5.41, 5.74) is 0. The Morgan fingerprint density at radius 2 is 1.73 bits per heavy atom. The van der Waals surface area contributed by atoms with E-state index in [1.54, 1.807) is 0 Å². The fraction of sp³-hybridized carbons (Fsp3) is 0.889. The molecule has 0 aromatic rings. The molecule has 3 rings (SSSR count). The van der Waals surface area contributed by atoms with Crippen LogP contribution in [0.15, 0.2) is 0 Å². The molecule has 0 spiro atoms. The zero-order chi connectivity index (χ0) is 7.59. The molecule has 2 heteroatoms. The molecular formula is C9H12O2. The molecule has 0 amide bonds. The first kappa shape index (κ1) is 6.04. The molecule has 2 nitrogen and oxygen atoms in total. The number of rotatable bonds is 1. The van der Waals surface area contributed by atoms with Gasteiger partial charge in [0.2, 0.25) is 0 Å². The van der Waals surface area contributed by atoms with Gasteiger partial charge in [0.1, 0.15) is 0 Å². The predicted molar refractivity (Wildman–Crippen MR) is 38.9 cm³/mol. The van der Waals surface area contributed by atoms with Crippen molar-refractivity contribution in [2.75, 3.05) is 0 Å². The lowest BCUT2D eigenvalue weighted by Crippen LogP contribution is -2.23. The summed E-state index contributed by atoms with van der Waals surface area (Å²) in [7, 11) is 0. The molecular weight excluding hydrogens is 140 g/mol. The maximum absolute atomic E-state index is 10.7. The Bertz CT molecular complexity index is 208. The molecule has 4 unspecified atom stereocenters. The van der Waals surface area contributed by atoms with Crippen LogP contribution in [0.3, 0.4) is 0 Å². The Labute approximate surface area is 65.6 Å². The van der Waals surface area contributed by atoms with Crippen LogP contribution in [0.25, 0.3) is 0 Å². The van der Waals surface area contributed by atoms with Crippen molar-refractivity contribution >= 4 is 5.97 Å². The average molecular weight is 152 g/mol. The fourth-order valence-electron chi connectivity index (χ4n) is 3.62. The van der Waals surface area contributed by atoms with Gasteiger partial charge in [-0.05, 0) is 36.5 Å². The predicted octanol–water partition coefficient (Wildman–Crippen LogP) is 1.36. The van der Waals surface area contributed by atoms with E-state index in [0.29, 0.717) is 11.8 Å². The molecule has 0 aromatic heterocycles. The Hall–Kier alpha value is -0.530. The number of carboxylic acids is 1. The summed E-state index contributed by atoms with van der Waals surface area (Å²) in [4.78, 5) is 10.7. The van der Waals surface area contributed by atoms with Crippen molar-refractivity contribution < 1.29 is 9.90 Å². The van der Waals surface area contributed by atoms with Crippen molar-refractivity contribution in [3.8, 4) is 0 Å². The molecule has 1 N–H and O–H groups in total. The maximum atomic E-state index is 10.7. The largest absolute Gasteiger partial charge is 0.481 e. The summed E-state index contributed by atoms with van der Waals surface area (Å²) >= 11 is 0. The Morgan fingerprint density at radius 1 is 1.18 bits per heavy atom. The van der Waals surface area contributed by atoms with Crippen molar-refractivity contribution in [3.63, 3.8) is 0 Å². The Balaban J connectivity index is 1.79. The van der Waals surface area contributed by atoms with Gasteiger partial charge in [-0.15, -0.1) is 0 Å². The average Bonchev–Trinajstić information content (AvgIpc) is 2.46. The lowest BCUT2D eigenvalue weighted by Gasteiger charge is -2.28. The highest BCUT2D eigenvalue weighted by Gasteiger charge is 2.72. The first-order chi connectivity index (χ1) is 5.30. The highest BCUT2D eigenvalue weighted by molar-refractivity contribution is 5.75. The van der Waals surface area contributed by atoms with Gasteiger partial charge < -0.3 is 5.11 Å². The fourth-order valence-corrected chi connectivity index (χ4v) is 3.62. The molecule has 0 radical (unpaired) electrons. The number of carboxylic acid groups (broad SMARTS) is 1. The summed E-state index contributed by atoms with van der Waals surface area (Å²) in [6.45, 7) is 0. The van der Waals surface area contributed by atoms with Gasteiger partial charge in [-0.1, -0.05) is 6.42 Å². The quantitative estimate of drug-likeness (QED) is 0.616. The number of hydrogen-bond acceptors (Lipinski definition) is 1. The first-order valence-corrected chi connectivity index (χ1v) is 4.53. The minimum absolute atomic E-state index is 0.0744. The molecule has 3 aliphatic carbocycles. The first-order valence-electron chi connectivity index (χ1n) is 4.53. The van der Waals surface area contributed by atoms with Crippen molar-refractivity contribution in [2.45, 2.75) is 19.3 Å². The minimum atomic E-state index is -0.533. The van der Waals surface area contributed by atoms with Gasteiger partial charge in [0, 0.05) is 0 Å². The molecule has 60 valence electrons. The van der Waals surface area contributed by atoms with Crippen molar-refractivity contribution in [3.05, 3.63) is 0 Å². The van der Waals surface area contributed by atoms with Crippen LogP contribution in [0, 0.1) is 29.6 Å². The van der Waals surface area contributed by atoms with E-state index < -0.39 is 5.97 Å². The summed E-state index contributed by atoms with van der Waals surface area (Å²) in [5, 5.41) is 8.79. The van der Waals surface area contributed by atoms with E-state index >= 15 is 0 Å². The van der Waals surface area contributed by atoms with E-state index in [2.05, 4.69) is 0 Å². The van der Waals surface area contributed by atoms with Crippen LogP contribution in [0.4, 0.5) is 0 Å². The number of carbonyl (C=O) groups is 1. The topological polar surface area (TPSA) is 37.3 Å². The summed E-state index contributed by atoms with van der Waals surface area (Å²) in [6.07, 6.45) is 3.99. The smallest absolute Gasteiger partial charge is 0.307 e. The second-order valence-corrected chi connectivity index (χ2v) is 4.28. The van der Waals surface area contributed by atoms with Gasteiger partial charge >= 0.3 is 5.97 Å². The maximum Gasteiger partial charge on any atom is 0.307 e. The third-order valence-electron chi connectivity index (χ3n) is 4.03. The van der Waals surface area contributed by atoms with Crippen LogP contribution in [0.1, 0.15) is 19.3 Å². The van der Waals surface area contributed by atoms with E-state index in [-0.39, 0.29) is 5.92 Å². The van der Waals surface area contributed by atoms with Crippen molar-refractivity contribution in [1.29, 1.82) is 0 Å². The van der Waals surface area contributed by atoms with Gasteiger partial charge in [-0.25, -0.2) is 0 Å². The Morgan fingerprint density at radius 3 is 2.18 bits per heavy atom. The monoisotopic (exact) mass is 152 g/mol. The summed E-state index contributed by atoms with van der Waals surface area (Å²) in [5.74, 6) is 2.40. The lowest BCUT2D eigenvalue weighted by atomic mass is 9.77. The molecule has 3 saturated carbocycles. The van der Waals surface area contributed by atoms with Gasteiger partial charge in [-0.3, -0.25) is 4.79 Å². The van der Waals surface area contributed by atoms with Crippen LogP contribution in [0.5, 0.6) is 0 Å². The zero-order valence-electron chi connectivity index (χ0n) is 6.36. The van der Waals surface area contributed by atoms with Gasteiger partial charge in [0.05, 0.1) is 5.92 Å². The van der Waals surface area contributed by atoms with E-state index in [4.69, 9.17) is 5.11 Å². The third-order valence-corrected chi connectivity index (χ3v) is 4.03. The standard InChI is InChI=1S/C9H12O2/c10-9(11)8-6-4-2-1-3-5(4)7(6)8/h4-8H,1-3H2,(H,10,11). The molecule has 0 aliphatic heterocycles. The SMILES string of the molecule is O=C(O)C1C2C3CCCC3C12. The highest BCUT2D eigenvalue weighted by atomic mass is 16.4. The second-order valence-electron chi connectivity index (χ2n) is 4.28. The number of aliphatic carboxylic acids is 1. The highest BCUT2D eigenvalue weighted by Crippen LogP contribution is 2.73. The Kier molecular flexibility index (Phi) is 0.890. The van der Waals surface area contributed by atoms with Crippen molar-refractivity contribution in [2.24, 2.45) is 29.6 Å². The lowest BCUT2D eigenvalue weighted by molar-refractivity contribution is -0.139. The van der Waals surface area contributed by atoms with E-state index in [1.807, 2.05) is 0 Å².